The maximum atomic E-state index is 6.51. The van der Waals surface area contributed by atoms with Crippen molar-refractivity contribution in [1.29, 1.82) is 0 Å². The number of hydrogen-bond donors (Lipinski definition) is 0. The fourth-order valence-electron chi connectivity index (χ4n) is 1.89. The van der Waals surface area contributed by atoms with Crippen molar-refractivity contribution in [3.05, 3.63) is 35.4 Å². The fraction of sp³-hybridized carbons (Fsp3) is 0.625. The Balaban J connectivity index is 2.66. The highest BCUT2D eigenvalue weighted by Crippen LogP contribution is 2.33. The first-order valence-electron chi connectivity index (χ1n) is 6.79. The van der Waals surface area contributed by atoms with Gasteiger partial charge >= 0.3 is 0 Å². The Morgan fingerprint density at radius 2 is 1.65 bits per heavy atom. The Kier molecular flexibility index (Phi) is 6.05. The molecule has 0 spiro atoms. The number of unbranched alkanes of at least 4 members (excludes halogenated alkanes) is 1. The van der Waals surface area contributed by atoms with Crippen LogP contribution in [0, 0.1) is 11.8 Å². The van der Waals surface area contributed by atoms with E-state index in [0.717, 1.165) is 0 Å². The lowest BCUT2D eigenvalue weighted by Gasteiger charge is -2.22. The largest absolute Gasteiger partial charge is 0.118 e. The molecule has 0 fully saturated rings. The molecular formula is C16H25Cl. The highest BCUT2D eigenvalue weighted by atomic mass is 35.5. The zero-order valence-corrected chi connectivity index (χ0v) is 12.3. The molecule has 0 radical (unpaired) electrons. The van der Waals surface area contributed by atoms with Gasteiger partial charge in [-0.05, 0) is 35.8 Å². The standard InChI is InChI=1S/C16H25Cl/c1-5-6-7-14-8-10-15(11-9-14)16(17)13(4)12(2)3/h8-13,16H,5-7H2,1-4H3. The van der Waals surface area contributed by atoms with Crippen molar-refractivity contribution in [3.8, 4) is 0 Å². The van der Waals surface area contributed by atoms with Crippen molar-refractivity contribution in [2.24, 2.45) is 11.8 Å². The third-order valence-corrected chi connectivity index (χ3v) is 4.28. The van der Waals surface area contributed by atoms with E-state index in [1.54, 1.807) is 0 Å². The van der Waals surface area contributed by atoms with Crippen LogP contribution in [0.3, 0.4) is 0 Å². The molecule has 1 aromatic carbocycles. The Morgan fingerprint density at radius 1 is 1.06 bits per heavy atom. The minimum Gasteiger partial charge on any atom is -0.118 e. The molecule has 0 N–H and O–H groups in total. The maximum Gasteiger partial charge on any atom is 0.0613 e. The molecule has 1 rings (SSSR count). The van der Waals surface area contributed by atoms with Crippen LogP contribution in [0.15, 0.2) is 24.3 Å². The summed E-state index contributed by atoms with van der Waals surface area (Å²) in [4.78, 5) is 0. The van der Waals surface area contributed by atoms with Gasteiger partial charge < -0.3 is 0 Å². The van der Waals surface area contributed by atoms with Crippen LogP contribution in [-0.4, -0.2) is 0 Å². The maximum absolute atomic E-state index is 6.51. The summed E-state index contributed by atoms with van der Waals surface area (Å²) < 4.78 is 0. The smallest absolute Gasteiger partial charge is 0.0613 e. The first kappa shape index (κ1) is 14.6. The second-order valence-corrected chi connectivity index (χ2v) is 5.82. The number of aryl methyl sites for hydroxylation is 1. The lowest BCUT2D eigenvalue weighted by Crippen LogP contribution is -2.10. The molecule has 0 aromatic heterocycles. The topological polar surface area (TPSA) is 0 Å². The van der Waals surface area contributed by atoms with Gasteiger partial charge in [0.25, 0.3) is 0 Å². The summed E-state index contributed by atoms with van der Waals surface area (Å²) in [6, 6.07) is 8.85. The van der Waals surface area contributed by atoms with Gasteiger partial charge in [0.05, 0.1) is 5.38 Å². The van der Waals surface area contributed by atoms with Gasteiger partial charge in [0.1, 0.15) is 0 Å². The summed E-state index contributed by atoms with van der Waals surface area (Å²) in [5, 5.41) is 0.134. The second-order valence-electron chi connectivity index (χ2n) is 5.35. The summed E-state index contributed by atoms with van der Waals surface area (Å²) >= 11 is 6.51. The van der Waals surface area contributed by atoms with E-state index in [1.807, 2.05) is 0 Å². The predicted molar refractivity (Wildman–Crippen MR) is 77.7 cm³/mol. The molecule has 0 bridgehead atoms. The van der Waals surface area contributed by atoms with E-state index in [9.17, 15) is 0 Å². The quantitative estimate of drug-likeness (QED) is 0.578. The predicted octanol–water partition coefficient (Wildman–Crippen LogP) is 5.60. The second kappa shape index (κ2) is 7.06. The average Bonchev–Trinajstić information content (AvgIpc) is 2.35. The first-order valence-corrected chi connectivity index (χ1v) is 7.22. The normalized spacial score (nSPS) is 14.9. The molecule has 1 aromatic rings. The Labute approximate surface area is 111 Å². The number of benzene rings is 1. The van der Waals surface area contributed by atoms with Crippen LogP contribution >= 0.6 is 11.6 Å². The summed E-state index contributed by atoms with van der Waals surface area (Å²) in [6.45, 7) is 8.92. The summed E-state index contributed by atoms with van der Waals surface area (Å²) in [7, 11) is 0. The van der Waals surface area contributed by atoms with Crippen LogP contribution in [0.2, 0.25) is 0 Å². The number of halogens is 1. The van der Waals surface area contributed by atoms with Gasteiger partial charge in [0.15, 0.2) is 0 Å². The monoisotopic (exact) mass is 252 g/mol. The van der Waals surface area contributed by atoms with Gasteiger partial charge in [-0.1, -0.05) is 58.4 Å². The minimum absolute atomic E-state index is 0.134. The van der Waals surface area contributed by atoms with Crippen LogP contribution < -0.4 is 0 Å². The molecule has 0 aliphatic rings. The number of hydrogen-bond acceptors (Lipinski definition) is 0. The Hall–Kier alpha value is -0.490. The molecule has 0 aliphatic heterocycles. The van der Waals surface area contributed by atoms with Crippen LogP contribution in [0.5, 0.6) is 0 Å². The van der Waals surface area contributed by atoms with E-state index in [1.165, 1.54) is 30.4 Å². The molecular weight excluding hydrogens is 228 g/mol. The van der Waals surface area contributed by atoms with E-state index in [4.69, 9.17) is 11.6 Å². The molecule has 0 heterocycles. The van der Waals surface area contributed by atoms with E-state index in [0.29, 0.717) is 11.8 Å². The minimum atomic E-state index is 0.134. The van der Waals surface area contributed by atoms with Gasteiger partial charge in [0.2, 0.25) is 0 Å². The molecule has 1 heteroatoms. The lowest BCUT2D eigenvalue weighted by molar-refractivity contribution is 0.406. The molecule has 0 saturated heterocycles. The summed E-state index contributed by atoms with van der Waals surface area (Å²) in [5.41, 5.74) is 2.68. The van der Waals surface area contributed by atoms with Crippen molar-refractivity contribution in [1.82, 2.24) is 0 Å². The Bertz CT molecular complexity index is 313. The molecule has 17 heavy (non-hydrogen) atoms. The third-order valence-electron chi connectivity index (χ3n) is 3.63. The molecule has 0 aliphatic carbocycles. The third kappa shape index (κ3) is 4.35. The van der Waals surface area contributed by atoms with E-state index < -0.39 is 0 Å². The molecule has 2 unspecified atom stereocenters. The van der Waals surface area contributed by atoms with Crippen molar-refractivity contribution in [2.75, 3.05) is 0 Å². The van der Waals surface area contributed by atoms with Crippen molar-refractivity contribution in [3.63, 3.8) is 0 Å². The zero-order chi connectivity index (χ0) is 12.8. The van der Waals surface area contributed by atoms with Crippen LogP contribution in [0.4, 0.5) is 0 Å². The average molecular weight is 253 g/mol. The molecule has 0 nitrogen and oxygen atoms in total. The molecule has 0 amide bonds. The highest BCUT2D eigenvalue weighted by molar-refractivity contribution is 6.21. The summed E-state index contributed by atoms with van der Waals surface area (Å²) in [6.07, 6.45) is 3.71. The van der Waals surface area contributed by atoms with E-state index in [2.05, 4.69) is 52.0 Å². The number of alkyl halides is 1. The van der Waals surface area contributed by atoms with Crippen molar-refractivity contribution >= 4 is 11.6 Å². The van der Waals surface area contributed by atoms with E-state index >= 15 is 0 Å². The van der Waals surface area contributed by atoms with Crippen LogP contribution in [0.1, 0.15) is 57.0 Å². The van der Waals surface area contributed by atoms with Crippen molar-refractivity contribution in [2.45, 2.75) is 52.3 Å². The van der Waals surface area contributed by atoms with Gasteiger partial charge in [-0.25, -0.2) is 0 Å². The van der Waals surface area contributed by atoms with Crippen LogP contribution in [0.25, 0.3) is 0 Å². The fourth-order valence-corrected chi connectivity index (χ4v) is 2.33. The summed E-state index contributed by atoms with van der Waals surface area (Å²) in [5.74, 6) is 1.13. The van der Waals surface area contributed by atoms with Gasteiger partial charge in [0, 0.05) is 0 Å². The first-order chi connectivity index (χ1) is 8.06. The van der Waals surface area contributed by atoms with Gasteiger partial charge in [-0.2, -0.15) is 0 Å². The lowest BCUT2D eigenvalue weighted by atomic mass is 9.90. The molecule has 0 saturated carbocycles. The van der Waals surface area contributed by atoms with Gasteiger partial charge in [-0.3, -0.25) is 0 Å². The van der Waals surface area contributed by atoms with E-state index in [-0.39, 0.29) is 5.38 Å². The van der Waals surface area contributed by atoms with Gasteiger partial charge in [-0.15, -0.1) is 11.6 Å². The highest BCUT2D eigenvalue weighted by Gasteiger charge is 2.19. The number of rotatable bonds is 6. The van der Waals surface area contributed by atoms with Crippen molar-refractivity contribution < 1.29 is 0 Å². The van der Waals surface area contributed by atoms with Crippen LogP contribution in [-0.2, 0) is 6.42 Å². The SMILES string of the molecule is CCCCc1ccc(C(Cl)C(C)C(C)C)cc1. The Morgan fingerprint density at radius 3 is 2.12 bits per heavy atom. The molecule has 96 valence electrons. The molecule has 2 atom stereocenters. The zero-order valence-electron chi connectivity index (χ0n) is 11.5.